The predicted molar refractivity (Wildman–Crippen MR) is 276 cm³/mol. The molecular formula is C63H37N5. The molecule has 0 radical (unpaired) electrons. The summed E-state index contributed by atoms with van der Waals surface area (Å²) in [5.41, 5.74) is 19.2. The predicted octanol–water partition coefficient (Wildman–Crippen LogP) is 16.4. The van der Waals surface area contributed by atoms with Crippen molar-refractivity contribution < 1.29 is 0 Å². The Bertz CT molecular complexity index is 3860. The molecule has 0 saturated heterocycles. The van der Waals surface area contributed by atoms with Gasteiger partial charge in [0.1, 0.15) is 0 Å². The summed E-state index contributed by atoms with van der Waals surface area (Å²) >= 11 is 0. The first kappa shape index (κ1) is 40.0. The number of rotatable bonds is 8. The fraction of sp³-hybridized carbons (Fsp3) is 0. The molecule has 12 rings (SSSR count). The van der Waals surface area contributed by atoms with Gasteiger partial charge in [0, 0.05) is 16.7 Å². The SMILES string of the molecule is [C-]#[N+]c1cc(-c2cccc(-c3cc4c5c(cccc5c3)-c3ccccc3-4)c2)cc(-c2cccc(-c3ccccc3-c3nc(-c4ccccc4)nc(-c4ccc(-c5ccc(C#N)cc5)cc4)n3)c2)c1. The first-order valence-corrected chi connectivity index (χ1v) is 22.5. The van der Waals surface area contributed by atoms with Gasteiger partial charge in [-0.2, -0.15) is 5.26 Å². The van der Waals surface area contributed by atoms with E-state index in [9.17, 15) is 5.26 Å². The molecule has 5 heteroatoms. The molecular weight excluding hydrogens is 827 g/mol. The van der Waals surface area contributed by atoms with Crippen molar-refractivity contribution in [3.8, 4) is 118 Å². The first-order valence-electron chi connectivity index (χ1n) is 22.5. The lowest BCUT2D eigenvalue weighted by Gasteiger charge is -2.14. The van der Waals surface area contributed by atoms with Crippen molar-refractivity contribution in [3.63, 3.8) is 0 Å². The smallest absolute Gasteiger partial charge is 0.188 e. The Morgan fingerprint density at radius 3 is 1.43 bits per heavy atom. The van der Waals surface area contributed by atoms with Crippen molar-refractivity contribution in [2.45, 2.75) is 0 Å². The summed E-state index contributed by atoms with van der Waals surface area (Å²) in [5, 5.41) is 11.8. The van der Waals surface area contributed by atoms with Crippen LogP contribution in [0, 0.1) is 17.9 Å². The topological polar surface area (TPSA) is 66.8 Å². The highest BCUT2D eigenvalue weighted by atomic mass is 15.0. The van der Waals surface area contributed by atoms with Crippen LogP contribution in [-0.4, -0.2) is 15.0 Å². The zero-order valence-electron chi connectivity index (χ0n) is 36.6. The maximum Gasteiger partial charge on any atom is 0.188 e. The van der Waals surface area contributed by atoms with Gasteiger partial charge >= 0.3 is 0 Å². The van der Waals surface area contributed by atoms with Crippen LogP contribution < -0.4 is 0 Å². The highest BCUT2D eigenvalue weighted by Gasteiger charge is 2.22. The maximum atomic E-state index is 9.28. The lowest BCUT2D eigenvalue weighted by Crippen LogP contribution is -2.01. The fourth-order valence-electron chi connectivity index (χ4n) is 9.56. The monoisotopic (exact) mass is 863 g/mol. The van der Waals surface area contributed by atoms with E-state index in [0.29, 0.717) is 28.7 Å². The molecule has 0 unspecified atom stereocenters. The van der Waals surface area contributed by atoms with Crippen LogP contribution in [0.1, 0.15) is 5.56 Å². The number of hydrogen-bond acceptors (Lipinski definition) is 4. The van der Waals surface area contributed by atoms with Crippen LogP contribution in [0.2, 0.25) is 0 Å². The summed E-state index contributed by atoms with van der Waals surface area (Å²) in [6.07, 6.45) is 0. The second-order valence-corrected chi connectivity index (χ2v) is 17.0. The molecule has 314 valence electrons. The number of aromatic nitrogens is 3. The summed E-state index contributed by atoms with van der Waals surface area (Å²) in [6.45, 7) is 8.14. The zero-order valence-corrected chi connectivity index (χ0v) is 36.6. The van der Waals surface area contributed by atoms with Gasteiger partial charge in [0.25, 0.3) is 0 Å². The third kappa shape index (κ3) is 7.28. The van der Waals surface area contributed by atoms with Crippen LogP contribution in [0.15, 0.2) is 224 Å². The van der Waals surface area contributed by atoms with E-state index in [1.54, 1.807) is 0 Å². The lowest BCUT2D eigenvalue weighted by molar-refractivity contribution is 1.07. The van der Waals surface area contributed by atoms with Crippen molar-refractivity contribution >= 4 is 16.5 Å². The quantitative estimate of drug-likeness (QED) is 0.143. The fourth-order valence-corrected chi connectivity index (χ4v) is 9.56. The van der Waals surface area contributed by atoms with E-state index in [2.05, 4.69) is 144 Å². The Labute approximate surface area is 394 Å². The molecule has 0 bridgehead atoms. The molecule has 1 aromatic heterocycles. The molecule has 11 aromatic rings. The van der Waals surface area contributed by atoms with E-state index in [4.69, 9.17) is 21.5 Å². The van der Waals surface area contributed by atoms with E-state index in [0.717, 1.165) is 72.3 Å². The summed E-state index contributed by atoms with van der Waals surface area (Å²) < 4.78 is 0. The molecule has 1 aliphatic rings. The highest BCUT2D eigenvalue weighted by Crippen LogP contribution is 2.49. The van der Waals surface area contributed by atoms with Crippen LogP contribution >= 0.6 is 0 Å². The zero-order chi connectivity index (χ0) is 45.6. The van der Waals surface area contributed by atoms with E-state index in [1.807, 2.05) is 91.0 Å². The van der Waals surface area contributed by atoms with Crippen molar-refractivity contribution in [1.82, 2.24) is 15.0 Å². The van der Waals surface area contributed by atoms with Gasteiger partial charge in [-0.05, 0) is 143 Å². The molecule has 10 aromatic carbocycles. The second kappa shape index (κ2) is 16.8. The molecule has 0 amide bonds. The van der Waals surface area contributed by atoms with Crippen molar-refractivity contribution in [2.24, 2.45) is 0 Å². The minimum atomic E-state index is 0.563. The van der Waals surface area contributed by atoms with Crippen molar-refractivity contribution in [3.05, 3.63) is 241 Å². The average Bonchev–Trinajstić information content (AvgIpc) is 3.75. The third-order valence-corrected chi connectivity index (χ3v) is 12.9. The van der Waals surface area contributed by atoms with Crippen LogP contribution in [0.5, 0.6) is 0 Å². The van der Waals surface area contributed by atoms with E-state index in [1.165, 1.54) is 33.0 Å². The van der Waals surface area contributed by atoms with Gasteiger partial charge in [-0.15, -0.1) is 0 Å². The van der Waals surface area contributed by atoms with E-state index in [-0.39, 0.29) is 0 Å². The minimum Gasteiger partial charge on any atom is -0.238 e. The lowest BCUT2D eigenvalue weighted by atomic mass is 9.92. The van der Waals surface area contributed by atoms with Gasteiger partial charge in [-0.25, -0.2) is 19.8 Å². The van der Waals surface area contributed by atoms with E-state index < -0.39 is 0 Å². The third-order valence-electron chi connectivity index (χ3n) is 12.9. The van der Waals surface area contributed by atoms with Crippen LogP contribution in [0.3, 0.4) is 0 Å². The Hall–Kier alpha value is -9.55. The maximum absolute atomic E-state index is 9.28. The molecule has 1 heterocycles. The Balaban J connectivity index is 0.906. The molecule has 0 fully saturated rings. The summed E-state index contributed by atoms with van der Waals surface area (Å²) in [7, 11) is 0. The van der Waals surface area contributed by atoms with Gasteiger partial charge in [-0.3, -0.25) is 0 Å². The van der Waals surface area contributed by atoms with E-state index >= 15 is 0 Å². The number of nitriles is 1. The average molecular weight is 864 g/mol. The van der Waals surface area contributed by atoms with Gasteiger partial charge in [-0.1, -0.05) is 170 Å². The molecule has 0 atom stereocenters. The van der Waals surface area contributed by atoms with Crippen LogP contribution in [0.25, 0.3) is 128 Å². The largest absolute Gasteiger partial charge is 0.238 e. The molecule has 1 aliphatic carbocycles. The Kier molecular flexibility index (Phi) is 9.87. The Morgan fingerprint density at radius 2 is 0.779 bits per heavy atom. The molecule has 68 heavy (non-hydrogen) atoms. The van der Waals surface area contributed by atoms with Crippen LogP contribution in [-0.2, 0) is 0 Å². The van der Waals surface area contributed by atoms with Crippen molar-refractivity contribution in [2.75, 3.05) is 0 Å². The number of hydrogen-bond donors (Lipinski definition) is 0. The van der Waals surface area contributed by atoms with Crippen LogP contribution in [0.4, 0.5) is 5.69 Å². The number of nitrogens with zero attached hydrogens (tertiary/aromatic N) is 5. The highest BCUT2D eigenvalue weighted by molar-refractivity contribution is 6.16. The number of benzene rings is 10. The van der Waals surface area contributed by atoms with Gasteiger partial charge in [0.05, 0.1) is 18.2 Å². The van der Waals surface area contributed by atoms with Gasteiger partial charge < -0.3 is 0 Å². The van der Waals surface area contributed by atoms with Gasteiger partial charge in [0.2, 0.25) is 0 Å². The van der Waals surface area contributed by atoms with Crippen molar-refractivity contribution in [1.29, 1.82) is 5.26 Å². The molecule has 0 N–H and O–H groups in total. The summed E-state index contributed by atoms with van der Waals surface area (Å²) in [5.74, 6) is 1.71. The number of fused-ring (bicyclic) bond motifs is 3. The standard InChI is InChI=1S/C63H37N5/c1-65-53-36-50(45-14-9-15-46(32-45)52-34-49-18-11-23-57-55-20-6-7-21-56(55)59(38-52)60(49)57)35-51(37-53)47-16-10-17-48(33-47)54-19-5-8-22-58(54)63-67-61(43-12-3-2-4-13-43)66-62(68-63)44-30-28-42(29-31-44)41-26-24-40(39-64)25-27-41/h2-38H. The molecule has 0 aliphatic heterocycles. The second-order valence-electron chi connectivity index (χ2n) is 17.0. The Morgan fingerprint density at radius 1 is 0.324 bits per heavy atom. The normalized spacial score (nSPS) is 11.2. The molecule has 5 nitrogen and oxygen atoms in total. The summed E-state index contributed by atoms with van der Waals surface area (Å²) in [4.78, 5) is 19.2. The minimum absolute atomic E-state index is 0.563. The molecule has 0 saturated carbocycles. The molecule has 0 spiro atoms. The van der Waals surface area contributed by atoms with Gasteiger partial charge in [0.15, 0.2) is 23.2 Å². The summed E-state index contributed by atoms with van der Waals surface area (Å²) in [6, 6.07) is 79.4. The first-order chi connectivity index (χ1) is 33.6.